The van der Waals surface area contributed by atoms with Crippen LogP contribution in [0.4, 0.5) is 11.6 Å². The molecule has 35 heavy (non-hydrogen) atoms. The summed E-state index contributed by atoms with van der Waals surface area (Å²) < 4.78 is 13.0. The molecule has 2 heterocycles. The summed E-state index contributed by atoms with van der Waals surface area (Å²) in [5.74, 6) is 1.65. The zero-order valence-corrected chi connectivity index (χ0v) is 19.4. The predicted molar refractivity (Wildman–Crippen MR) is 133 cm³/mol. The summed E-state index contributed by atoms with van der Waals surface area (Å²) in [6.45, 7) is 2.34. The summed E-state index contributed by atoms with van der Waals surface area (Å²) in [6.07, 6.45) is 1.47. The van der Waals surface area contributed by atoms with E-state index in [4.69, 9.17) is 9.47 Å². The molecule has 2 N–H and O–H groups in total. The predicted octanol–water partition coefficient (Wildman–Crippen LogP) is 4.79. The molecule has 4 aromatic rings. The third-order valence-corrected chi connectivity index (χ3v) is 5.84. The molecule has 0 bridgehead atoms. The van der Waals surface area contributed by atoms with Crippen molar-refractivity contribution in [3.05, 3.63) is 108 Å². The van der Waals surface area contributed by atoms with Crippen LogP contribution in [0.15, 0.2) is 96.5 Å². The molecule has 1 aliphatic heterocycles. The lowest BCUT2D eigenvalue weighted by Crippen LogP contribution is -2.31. The van der Waals surface area contributed by atoms with Crippen molar-refractivity contribution in [1.82, 2.24) is 14.8 Å². The number of nitrogens with zero attached hydrogens (tertiary/aromatic N) is 3. The van der Waals surface area contributed by atoms with Gasteiger partial charge in [0.15, 0.2) is 0 Å². The topological polar surface area (TPSA) is 90.3 Å². The van der Waals surface area contributed by atoms with E-state index >= 15 is 0 Å². The molecule has 1 aliphatic rings. The second-order valence-electron chi connectivity index (χ2n) is 8.09. The highest BCUT2D eigenvalue weighted by atomic mass is 16.5. The van der Waals surface area contributed by atoms with Gasteiger partial charge >= 0.3 is 0 Å². The molecule has 0 aliphatic carbocycles. The molecule has 0 radical (unpaired) electrons. The first-order valence-electron chi connectivity index (χ1n) is 11.2. The third kappa shape index (κ3) is 4.59. The van der Waals surface area contributed by atoms with Gasteiger partial charge in [0.25, 0.3) is 5.91 Å². The number of allylic oxidation sites excluding steroid dienone is 1. The molecule has 0 fully saturated rings. The number of aromatic nitrogens is 3. The van der Waals surface area contributed by atoms with E-state index in [1.54, 1.807) is 23.9 Å². The monoisotopic (exact) mass is 467 g/mol. The maximum Gasteiger partial charge on any atom is 0.255 e. The highest BCUT2D eigenvalue weighted by Crippen LogP contribution is 2.36. The molecule has 0 unspecified atom stereocenters. The summed E-state index contributed by atoms with van der Waals surface area (Å²) in [7, 11) is 1.57. The number of amides is 1. The van der Waals surface area contributed by atoms with Gasteiger partial charge in [0.1, 0.15) is 30.5 Å². The molecule has 176 valence electrons. The number of para-hydroxylation sites is 2. The maximum absolute atomic E-state index is 13.5. The number of nitrogens with one attached hydrogen (secondary N) is 2. The van der Waals surface area contributed by atoms with E-state index in [0.717, 1.165) is 16.9 Å². The lowest BCUT2D eigenvalue weighted by molar-refractivity contribution is -0.113. The Morgan fingerprint density at radius 1 is 1.03 bits per heavy atom. The summed E-state index contributed by atoms with van der Waals surface area (Å²) in [5, 5.41) is 10.6. The molecule has 1 aromatic heterocycles. The number of anilines is 2. The highest BCUT2D eigenvalue weighted by molar-refractivity contribution is 6.06. The van der Waals surface area contributed by atoms with Crippen LogP contribution >= 0.6 is 0 Å². The van der Waals surface area contributed by atoms with E-state index in [-0.39, 0.29) is 5.91 Å². The molecule has 0 saturated carbocycles. The Bertz CT molecular complexity index is 1360. The molecule has 1 amide bonds. The van der Waals surface area contributed by atoms with Crippen LogP contribution in [0.2, 0.25) is 0 Å². The van der Waals surface area contributed by atoms with Crippen LogP contribution in [0.1, 0.15) is 24.1 Å². The average molecular weight is 468 g/mol. The number of hydrogen-bond acceptors (Lipinski definition) is 6. The molecule has 3 aromatic carbocycles. The fraction of sp³-hybridized carbons (Fsp3) is 0.148. The standard InChI is InChI=1S/C27H25N5O3/c1-18-24(26(33)31-22-10-6-7-11-23(22)34-2)25(32-27(30-18)28-17-29-32)20-12-14-21(15-13-20)35-16-19-8-4-3-5-9-19/h3-15,17,25H,16H2,1-2H3,(H,31,33)(H,28,29,30)/t25-/m1/s1. The SMILES string of the molecule is COc1ccccc1NC(=O)C1=C(C)Nc2ncnn2[C@@H]1c1ccc(OCc2ccccc2)cc1. The molecular formula is C27H25N5O3. The Labute approximate surface area is 203 Å². The van der Waals surface area contributed by atoms with Gasteiger partial charge in [-0.3, -0.25) is 4.79 Å². The van der Waals surface area contributed by atoms with Crippen LogP contribution in [0, 0.1) is 0 Å². The minimum atomic E-state index is -0.466. The number of benzene rings is 3. The fourth-order valence-electron chi connectivity index (χ4n) is 4.12. The van der Waals surface area contributed by atoms with Crippen molar-refractivity contribution in [1.29, 1.82) is 0 Å². The highest BCUT2D eigenvalue weighted by Gasteiger charge is 2.33. The first-order valence-corrected chi connectivity index (χ1v) is 11.2. The summed E-state index contributed by atoms with van der Waals surface area (Å²) in [6, 6.07) is 24.6. The van der Waals surface area contributed by atoms with Gasteiger partial charge in [0, 0.05) is 5.70 Å². The zero-order chi connectivity index (χ0) is 24.2. The van der Waals surface area contributed by atoms with Gasteiger partial charge in [-0.05, 0) is 42.3 Å². The normalized spacial score (nSPS) is 14.6. The smallest absolute Gasteiger partial charge is 0.255 e. The Kier molecular flexibility index (Phi) is 6.17. The van der Waals surface area contributed by atoms with E-state index in [9.17, 15) is 4.79 Å². The lowest BCUT2D eigenvalue weighted by Gasteiger charge is -2.29. The van der Waals surface area contributed by atoms with E-state index in [2.05, 4.69) is 20.7 Å². The van der Waals surface area contributed by atoms with E-state index in [1.165, 1.54) is 6.33 Å². The van der Waals surface area contributed by atoms with Crippen LogP contribution in [-0.2, 0) is 11.4 Å². The van der Waals surface area contributed by atoms with Crippen LogP contribution in [0.3, 0.4) is 0 Å². The van der Waals surface area contributed by atoms with Crippen molar-refractivity contribution in [2.75, 3.05) is 17.7 Å². The number of methoxy groups -OCH3 is 1. The van der Waals surface area contributed by atoms with Gasteiger partial charge in [-0.15, -0.1) is 0 Å². The van der Waals surface area contributed by atoms with Gasteiger partial charge in [0.05, 0.1) is 18.4 Å². The van der Waals surface area contributed by atoms with Crippen LogP contribution in [-0.4, -0.2) is 27.8 Å². The second kappa shape index (κ2) is 9.72. The molecule has 8 heteroatoms. The molecule has 0 saturated heterocycles. The van der Waals surface area contributed by atoms with Gasteiger partial charge in [-0.1, -0.05) is 54.6 Å². The minimum absolute atomic E-state index is 0.255. The number of rotatable bonds is 7. The van der Waals surface area contributed by atoms with E-state index < -0.39 is 6.04 Å². The van der Waals surface area contributed by atoms with Gasteiger partial charge < -0.3 is 20.1 Å². The Morgan fingerprint density at radius 2 is 1.77 bits per heavy atom. The number of carbonyl (C=O) groups is 1. The maximum atomic E-state index is 13.5. The third-order valence-electron chi connectivity index (χ3n) is 5.84. The number of fused-ring (bicyclic) bond motifs is 1. The van der Waals surface area contributed by atoms with Crippen molar-refractivity contribution in [3.63, 3.8) is 0 Å². The Morgan fingerprint density at radius 3 is 2.54 bits per heavy atom. The number of hydrogen-bond donors (Lipinski definition) is 2. The number of ether oxygens (including phenoxy) is 2. The molecule has 5 rings (SSSR count). The van der Waals surface area contributed by atoms with Crippen molar-refractivity contribution < 1.29 is 14.3 Å². The van der Waals surface area contributed by atoms with Crippen molar-refractivity contribution in [2.45, 2.75) is 19.6 Å². The van der Waals surface area contributed by atoms with Crippen molar-refractivity contribution in [2.24, 2.45) is 0 Å². The van der Waals surface area contributed by atoms with E-state index in [1.807, 2.05) is 73.7 Å². The molecule has 0 spiro atoms. The first kappa shape index (κ1) is 22.2. The Balaban J connectivity index is 1.43. The van der Waals surface area contributed by atoms with Crippen molar-refractivity contribution >= 4 is 17.5 Å². The summed E-state index contributed by atoms with van der Waals surface area (Å²) >= 11 is 0. The molecular weight excluding hydrogens is 442 g/mol. The summed E-state index contributed by atoms with van der Waals surface area (Å²) in [5.41, 5.74) is 3.80. The quantitative estimate of drug-likeness (QED) is 0.406. The van der Waals surface area contributed by atoms with Crippen LogP contribution in [0.25, 0.3) is 0 Å². The molecule has 8 nitrogen and oxygen atoms in total. The van der Waals surface area contributed by atoms with Crippen LogP contribution < -0.4 is 20.1 Å². The van der Waals surface area contributed by atoms with Crippen LogP contribution in [0.5, 0.6) is 11.5 Å². The Hall–Kier alpha value is -4.59. The number of carbonyl (C=O) groups excluding carboxylic acids is 1. The minimum Gasteiger partial charge on any atom is -0.495 e. The zero-order valence-electron chi connectivity index (χ0n) is 19.4. The van der Waals surface area contributed by atoms with Gasteiger partial charge in [0.2, 0.25) is 5.95 Å². The average Bonchev–Trinajstić information content (AvgIpc) is 3.36. The molecule has 1 atom stereocenters. The summed E-state index contributed by atoms with van der Waals surface area (Å²) in [4.78, 5) is 17.8. The van der Waals surface area contributed by atoms with E-state index in [0.29, 0.717) is 35.3 Å². The lowest BCUT2D eigenvalue weighted by atomic mass is 9.95. The second-order valence-corrected chi connectivity index (χ2v) is 8.09. The van der Waals surface area contributed by atoms with Gasteiger partial charge in [-0.25, -0.2) is 4.68 Å². The fourth-order valence-corrected chi connectivity index (χ4v) is 4.12. The first-order chi connectivity index (χ1) is 17.1. The van der Waals surface area contributed by atoms with Gasteiger partial charge in [-0.2, -0.15) is 10.1 Å². The largest absolute Gasteiger partial charge is 0.495 e. The van der Waals surface area contributed by atoms with Crippen molar-refractivity contribution in [3.8, 4) is 11.5 Å².